The SMILES string of the molecule is CC(C)Cn1c(SCC(=O)N2CCN(c3ccccc3F)CC2)nc2ccsc2c1=O. The molecule has 1 aromatic carbocycles. The van der Waals surface area contributed by atoms with Crippen LogP contribution in [0.5, 0.6) is 0 Å². The molecule has 9 heteroatoms. The highest BCUT2D eigenvalue weighted by molar-refractivity contribution is 7.99. The van der Waals surface area contributed by atoms with Crippen molar-refractivity contribution in [2.75, 3.05) is 36.8 Å². The summed E-state index contributed by atoms with van der Waals surface area (Å²) < 4.78 is 16.4. The zero-order chi connectivity index (χ0) is 22.0. The van der Waals surface area contributed by atoms with Crippen LogP contribution in [0.25, 0.3) is 10.2 Å². The van der Waals surface area contributed by atoms with Gasteiger partial charge in [0.25, 0.3) is 5.56 Å². The number of benzene rings is 1. The fraction of sp³-hybridized carbons (Fsp3) is 0.409. The number of anilines is 1. The Morgan fingerprint density at radius 3 is 2.65 bits per heavy atom. The van der Waals surface area contributed by atoms with Crippen LogP contribution in [0.15, 0.2) is 45.7 Å². The number of thiophene rings is 1. The van der Waals surface area contributed by atoms with Gasteiger partial charge < -0.3 is 9.80 Å². The van der Waals surface area contributed by atoms with Crippen molar-refractivity contribution >= 4 is 44.9 Å². The lowest BCUT2D eigenvalue weighted by atomic mass is 10.2. The molecule has 1 saturated heterocycles. The van der Waals surface area contributed by atoms with E-state index in [1.807, 2.05) is 22.4 Å². The summed E-state index contributed by atoms with van der Waals surface area (Å²) in [6.07, 6.45) is 0. The fourth-order valence-corrected chi connectivity index (χ4v) is 5.37. The standard InChI is InChI=1S/C22H25FN4O2S2/c1-15(2)13-27-21(29)20-17(7-12-30-20)24-22(27)31-14-19(28)26-10-8-25(9-11-26)18-6-4-3-5-16(18)23/h3-7,12,15H,8-11,13-14H2,1-2H3. The van der Waals surface area contributed by atoms with E-state index in [0.29, 0.717) is 59.7 Å². The van der Waals surface area contributed by atoms with Crippen LogP contribution in [0.1, 0.15) is 13.8 Å². The second kappa shape index (κ2) is 9.40. The molecule has 0 radical (unpaired) electrons. The number of aromatic nitrogens is 2. The van der Waals surface area contributed by atoms with Crippen LogP contribution in [0, 0.1) is 11.7 Å². The van der Waals surface area contributed by atoms with Gasteiger partial charge in [-0.1, -0.05) is 37.7 Å². The molecule has 0 bridgehead atoms. The lowest BCUT2D eigenvalue weighted by Crippen LogP contribution is -2.49. The smallest absolute Gasteiger partial charge is 0.272 e. The van der Waals surface area contributed by atoms with Crippen LogP contribution in [0.3, 0.4) is 0 Å². The molecule has 1 aliphatic rings. The number of fused-ring (bicyclic) bond motifs is 1. The monoisotopic (exact) mass is 460 g/mol. The van der Waals surface area contributed by atoms with Gasteiger partial charge in [-0.2, -0.15) is 0 Å². The zero-order valence-electron chi connectivity index (χ0n) is 17.6. The van der Waals surface area contributed by atoms with E-state index >= 15 is 0 Å². The fourth-order valence-electron chi connectivity index (χ4n) is 3.68. The van der Waals surface area contributed by atoms with E-state index < -0.39 is 0 Å². The summed E-state index contributed by atoms with van der Waals surface area (Å²) >= 11 is 2.71. The van der Waals surface area contributed by atoms with Gasteiger partial charge in [0.15, 0.2) is 5.16 Å². The number of amides is 1. The van der Waals surface area contributed by atoms with Gasteiger partial charge in [0.1, 0.15) is 10.5 Å². The third kappa shape index (κ3) is 4.77. The minimum Gasteiger partial charge on any atom is -0.366 e. The first-order chi connectivity index (χ1) is 14.9. The van der Waals surface area contributed by atoms with Crippen molar-refractivity contribution < 1.29 is 9.18 Å². The molecule has 0 saturated carbocycles. The van der Waals surface area contributed by atoms with Crippen molar-refractivity contribution in [1.29, 1.82) is 0 Å². The van der Waals surface area contributed by atoms with Gasteiger partial charge in [-0.15, -0.1) is 11.3 Å². The first kappa shape index (κ1) is 21.8. The molecule has 31 heavy (non-hydrogen) atoms. The molecular weight excluding hydrogens is 435 g/mol. The molecule has 0 aliphatic carbocycles. The van der Waals surface area contributed by atoms with E-state index in [4.69, 9.17) is 0 Å². The number of piperazine rings is 1. The summed E-state index contributed by atoms with van der Waals surface area (Å²) in [5.74, 6) is 0.281. The number of nitrogens with zero attached hydrogens (tertiary/aromatic N) is 4. The van der Waals surface area contributed by atoms with Gasteiger partial charge in [0, 0.05) is 32.7 Å². The number of carbonyl (C=O) groups excluding carboxylic acids is 1. The summed E-state index contributed by atoms with van der Waals surface area (Å²) in [5.41, 5.74) is 1.22. The third-order valence-corrected chi connectivity index (χ3v) is 7.08. The van der Waals surface area contributed by atoms with E-state index in [9.17, 15) is 14.0 Å². The topological polar surface area (TPSA) is 58.4 Å². The van der Waals surface area contributed by atoms with Crippen molar-refractivity contribution in [3.05, 3.63) is 51.9 Å². The van der Waals surface area contributed by atoms with Gasteiger partial charge in [-0.05, 0) is 29.5 Å². The zero-order valence-corrected chi connectivity index (χ0v) is 19.2. The van der Waals surface area contributed by atoms with Gasteiger partial charge in [-0.3, -0.25) is 14.2 Å². The Hall–Kier alpha value is -2.39. The summed E-state index contributed by atoms with van der Waals surface area (Å²) in [5, 5.41) is 2.45. The molecule has 0 atom stereocenters. The maximum Gasteiger partial charge on any atom is 0.272 e. The Kier molecular flexibility index (Phi) is 6.62. The molecule has 0 unspecified atom stereocenters. The van der Waals surface area contributed by atoms with Crippen LogP contribution >= 0.6 is 23.1 Å². The third-order valence-electron chi connectivity index (χ3n) is 5.23. The van der Waals surface area contributed by atoms with Crippen LogP contribution in [0.2, 0.25) is 0 Å². The van der Waals surface area contributed by atoms with Crippen molar-refractivity contribution in [3.8, 4) is 0 Å². The molecule has 1 fully saturated rings. The maximum atomic E-state index is 14.0. The molecule has 164 valence electrons. The van der Waals surface area contributed by atoms with E-state index in [1.165, 1.54) is 29.2 Å². The average Bonchev–Trinajstić information content (AvgIpc) is 3.23. The van der Waals surface area contributed by atoms with Crippen molar-refractivity contribution in [3.63, 3.8) is 0 Å². The largest absolute Gasteiger partial charge is 0.366 e. The highest BCUT2D eigenvalue weighted by Crippen LogP contribution is 2.23. The molecule has 1 amide bonds. The Bertz CT molecular complexity index is 1140. The highest BCUT2D eigenvalue weighted by Gasteiger charge is 2.23. The van der Waals surface area contributed by atoms with Gasteiger partial charge in [0.2, 0.25) is 5.91 Å². The van der Waals surface area contributed by atoms with Crippen LogP contribution in [-0.4, -0.2) is 52.3 Å². The lowest BCUT2D eigenvalue weighted by Gasteiger charge is -2.36. The predicted octanol–water partition coefficient (Wildman–Crippen LogP) is 3.69. The molecule has 1 aliphatic heterocycles. The van der Waals surface area contributed by atoms with Crippen molar-refractivity contribution in [2.24, 2.45) is 5.92 Å². The number of rotatable bonds is 6. The number of thioether (sulfide) groups is 1. The second-order valence-electron chi connectivity index (χ2n) is 7.95. The Morgan fingerprint density at radius 1 is 1.19 bits per heavy atom. The van der Waals surface area contributed by atoms with E-state index in [1.54, 1.807) is 21.6 Å². The Morgan fingerprint density at radius 2 is 1.94 bits per heavy atom. The Labute approximate surface area is 188 Å². The van der Waals surface area contributed by atoms with Gasteiger partial charge in [-0.25, -0.2) is 9.37 Å². The number of halogens is 1. The summed E-state index contributed by atoms with van der Waals surface area (Å²) in [6.45, 7) is 6.95. The van der Waals surface area contributed by atoms with Crippen LogP contribution < -0.4 is 10.5 Å². The van der Waals surface area contributed by atoms with E-state index in [2.05, 4.69) is 18.8 Å². The van der Waals surface area contributed by atoms with Gasteiger partial charge >= 0.3 is 0 Å². The van der Waals surface area contributed by atoms with Crippen molar-refractivity contribution in [2.45, 2.75) is 25.5 Å². The summed E-state index contributed by atoms with van der Waals surface area (Å²) in [4.78, 5) is 34.1. The summed E-state index contributed by atoms with van der Waals surface area (Å²) in [7, 11) is 0. The minimum atomic E-state index is -0.240. The molecule has 2 aromatic heterocycles. The average molecular weight is 461 g/mol. The molecule has 3 aromatic rings. The van der Waals surface area contributed by atoms with Crippen LogP contribution in [0.4, 0.5) is 10.1 Å². The first-order valence-electron chi connectivity index (χ1n) is 10.3. The molecular formula is C22H25FN4O2S2. The van der Waals surface area contributed by atoms with Gasteiger partial charge in [0.05, 0.1) is 17.0 Å². The Balaban J connectivity index is 1.42. The number of hydrogen-bond donors (Lipinski definition) is 0. The quantitative estimate of drug-likeness (QED) is 0.415. The normalized spacial score (nSPS) is 14.6. The number of hydrogen-bond acceptors (Lipinski definition) is 6. The number of carbonyl (C=O) groups is 1. The lowest BCUT2D eigenvalue weighted by molar-refractivity contribution is -0.128. The van der Waals surface area contributed by atoms with E-state index in [0.717, 1.165) is 0 Å². The molecule has 6 nitrogen and oxygen atoms in total. The van der Waals surface area contributed by atoms with E-state index in [-0.39, 0.29) is 23.0 Å². The number of para-hydroxylation sites is 1. The minimum absolute atomic E-state index is 0.00828. The molecule has 4 rings (SSSR count). The second-order valence-corrected chi connectivity index (χ2v) is 9.81. The highest BCUT2D eigenvalue weighted by atomic mass is 32.2. The molecule has 0 spiro atoms. The first-order valence-corrected chi connectivity index (χ1v) is 12.2. The maximum absolute atomic E-state index is 14.0. The molecule has 3 heterocycles. The summed E-state index contributed by atoms with van der Waals surface area (Å²) in [6, 6.07) is 8.56. The van der Waals surface area contributed by atoms with Crippen LogP contribution in [-0.2, 0) is 11.3 Å². The molecule has 0 N–H and O–H groups in total. The predicted molar refractivity (Wildman–Crippen MR) is 125 cm³/mol. The van der Waals surface area contributed by atoms with Crippen molar-refractivity contribution in [1.82, 2.24) is 14.5 Å².